The summed E-state index contributed by atoms with van der Waals surface area (Å²) in [7, 11) is -2.42. The molecule has 17 heavy (non-hydrogen) atoms. The summed E-state index contributed by atoms with van der Waals surface area (Å²) < 4.78 is 0. The van der Waals surface area contributed by atoms with Crippen molar-refractivity contribution in [2.75, 3.05) is 0 Å². The van der Waals surface area contributed by atoms with E-state index in [0.717, 1.165) is 0 Å². The van der Waals surface area contributed by atoms with Crippen molar-refractivity contribution in [1.82, 2.24) is 0 Å². The third-order valence-corrected chi connectivity index (χ3v) is 0.366. The molecule has 92 valence electrons. The van der Waals surface area contributed by atoms with Crippen LogP contribution in [0.2, 0.25) is 0 Å². The van der Waals surface area contributed by atoms with Gasteiger partial charge in [-0.1, -0.05) is 0 Å². The maximum absolute atomic E-state index is 9.10. The molecule has 0 fully saturated rings. The molecule has 0 radical (unpaired) electrons. The third kappa shape index (κ3) is 52.3. The molecule has 0 heterocycles. The van der Waals surface area contributed by atoms with Crippen molar-refractivity contribution in [3.8, 4) is 0 Å². The van der Waals surface area contributed by atoms with Crippen LogP contribution in [0.1, 0.15) is 0 Å². The zero-order valence-corrected chi connectivity index (χ0v) is 10.3. The summed E-state index contributed by atoms with van der Waals surface area (Å²) in [5, 5.41) is 52.3. The second-order valence-corrected chi connectivity index (χ2v) is 1.55. The Kier molecular flexibility index (Phi) is 21.7. The van der Waals surface area contributed by atoms with Crippen molar-refractivity contribution >= 4 is 31.2 Å². The molecular formula is C4H6BNaO11. The van der Waals surface area contributed by atoms with Gasteiger partial charge in [-0.15, -0.1) is 0 Å². The van der Waals surface area contributed by atoms with Gasteiger partial charge in [0.05, 0.1) is 0 Å². The number of hydrogen-bond acceptors (Lipinski definition) is 7. The molecule has 0 spiro atoms. The molecule has 0 aliphatic heterocycles. The first kappa shape index (κ1) is 24.9. The van der Waals surface area contributed by atoms with Gasteiger partial charge >= 0.3 is 60.8 Å². The van der Waals surface area contributed by atoms with Crippen LogP contribution in [-0.2, 0) is 19.2 Å². The minimum absolute atomic E-state index is 0. The average Bonchev–Trinajstić information content (AvgIpc) is 2.03. The Hall–Kier alpha value is -1.18. The van der Waals surface area contributed by atoms with E-state index in [9.17, 15) is 0 Å². The van der Waals surface area contributed by atoms with Gasteiger partial charge in [-0.25, -0.2) is 19.2 Å². The molecule has 0 saturated heterocycles. The third-order valence-electron chi connectivity index (χ3n) is 0.366. The van der Waals surface area contributed by atoms with Crippen molar-refractivity contribution in [3.63, 3.8) is 0 Å². The van der Waals surface area contributed by atoms with Crippen LogP contribution in [0.15, 0.2) is 0 Å². The molecule has 13 heteroatoms. The van der Waals surface area contributed by atoms with Crippen LogP contribution in [0.25, 0.3) is 0 Å². The van der Waals surface area contributed by atoms with E-state index in [1.807, 2.05) is 0 Å². The van der Waals surface area contributed by atoms with Crippen LogP contribution >= 0.6 is 0 Å². The molecule has 0 atom stereocenters. The van der Waals surface area contributed by atoms with Crippen LogP contribution in [-0.4, -0.2) is 61.7 Å². The van der Waals surface area contributed by atoms with Crippen molar-refractivity contribution in [3.05, 3.63) is 0 Å². The molecule has 11 nitrogen and oxygen atoms in total. The SMILES string of the molecule is O=C(O)C(=O)O.O=C(O)C(=O)O.[Na+].[O-]B(O)O. The van der Waals surface area contributed by atoms with E-state index in [1.165, 1.54) is 0 Å². The van der Waals surface area contributed by atoms with Gasteiger partial charge in [0.25, 0.3) is 0 Å². The van der Waals surface area contributed by atoms with Gasteiger partial charge in [-0.2, -0.15) is 0 Å². The van der Waals surface area contributed by atoms with Crippen LogP contribution in [0.5, 0.6) is 0 Å². The largest absolute Gasteiger partial charge is 1.00 e. The first-order valence-electron chi connectivity index (χ1n) is 2.96. The predicted molar refractivity (Wildman–Crippen MR) is 40.7 cm³/mol. The molecule has 6 N–H and O–H groups in total. The van der Waals surface area contributed by atoms with Crippen molar-refractivity contribution < 1.29 is 84.2 Å². The number of aliphatic carboxylic acids is 4. The monoisotopic (exact) mass is 264 g/mol. The molecule has 0 aliphatic rings. The fourth-order valence-electron chi connectivity index (χ4n) is 0. The van der Waals surface area contributed by atoms with Crippen LogP contribution in [0.4, 0.5) is 0 Å². The van der Waals surface area contributed by atoms with Crippen LogP contribution < -0.4 is 34.6 Å². The topological polar surface area (TPSA) is 213 Å². The van der Waals surface area contributed by atoms with E-state index in [1.54, 1.807) is 0 Å². The summed E-state index contributed by atoms with van der Waals surface area (Å²) in [5.74, 6) is -7.30. The second-order valence-electron chi connectivity index (χ2n) is 1.55. The summed E-state index contributed by atoms with van der Waals surface area (Å²) in [4.78, 5) is 36.4. The Bertz CT molecular complexity index is 211. The van der Waals surface area contributed by atoms with Crippen molar-refractivity contribution in [2.24, 2.45) is 0 Å². The summed E-state index contributed by atoms with van der Waals surface area (Å²) in [6.45, 7) is 0. The molecule has 0 rings (SSSR count). The Morgan fingerprint density at radius 1 is 0.706 bits per heavy atom. The van der Waals surface area contributed by atoms with E-state index in [-0.39, 0.29) is 29.6 Å². The van der Waals surface area contributed by atoms with E-state index in [4.69, 9.17) is 54.7 Å². The minimum Gasteiger partial charge on any atom is -0.832 e. The summed E-state index contributed by atoms with van der Waals surface area (Å²) in [5.41, 5.74) is 0. The quantitative estimate of drug-likeness (QED) is 0.178. The molecule has 0 amide bonds. The molecule has 0 aromatic heterocycles. The number of carboxylic acid groups (broad SMARTS) is 4. The zero-order chi connectivity index (χ0) is 13.9. The standard InChI is InChI=1S/2C2H2O4.BH2O3.Na/c2*3-1(4)2(5)6;2-1(3)4;/h2*(H,3,4)(H,5,6);2-3H;/q;;-1;+1. The molecule has 0 aromatic carbocycles. The Morgan fingerprint density at radius 2 is 0.765 bits per heavy atom. The minimum atomic E-state index is -2.42. The van der Waals surface area contributed by atoms with Crippen molar-refractivity contribution in [2.45, 2.75) is 0 Å². The first-order valence-corrected chi connectivity index (χ1v) is 2.96. The fourth-order valence-corrected chi connectivity index (χ4v) is 0. The maximum atomic E-state index is 9.10. The molecule has 0 aliphatic carbocycles. The van der Waals surface area contributed by atoms with E-state index < -0.39 is 31.2 Å². The zero-order valence-electron chi connectivity index (χ0n) is 8.30. The number of carbonyl (C=O) groups is 4. The van der Waals surface area contributed by atoms with E-state index in [2.05, 4.69) is 0 Å². The first-order chi connectivity index (χ1) is 7.02. The smallest absolute Gasteiger partial charge is 0.832 e. The number of rotatable bonds is 0. The van der Waals surface area contributed by atoms with E-state index in [0.29, 0.717) is 0 Å². The van der Waals surface area contributed by atoms with Crippen molar-refractivity contribution in [1.29, 1.82) is 0 Å². The summed E-state index contributed by atoms with van der Waals surface area (Å²) in [6, 6.07) is 0. The predicted octanol–water partition coefficient (Wildman–Crippen LogP) is -7.37. The maximum Gasteiger partial charge on any atom is 1.00 e. The average molecular weight is 264 g/mol. The van der Waals surface area contributed by atoms with Gasteiger partial charge < -0.3 is 35.5 Å². The normalized spacial score (nSPS) is 6.76. The molecule has 0 saturated carbocycles. The number of hydrogen-bond donors (Lipinski definition) is 6. The molecule has 0 unspecified atom stereocenters. The fraction of sp³-hybridized carbons (Fsp3) is 0. The van der Waals surface area contributed by atoms with Gasteiger partial charge in [0.2, 0.25) is 0 Å². The van der Waals surface area contributed by atoms with Gasteiger partial charge in [0, 0.05) is 0 Å². The summed E-state index contributed by atoms with van der Waals surface area (Å²) in [6.07, 6.45) is 0. The summed E-state index contributed by atoms with van der Waals surface area (Å²) >= 11 is 0. The molecular weight excluding hydrogens is 258 g/mol. The van der Waals surface area contributed by atoms with Gasteiger partial charge in [-0.3, -0.25) is 0 Å². The molecule has 0 bridgehead atoms. The van der Waals surface area contributed by atoms with Gasteiger partial charge in [0.15, 0.2) is 0 Å². The van der Waals surface area contributed by atoms with Gasteiger partial charge in [0.1, 0.15) is 0 Å². The van der Waals surface area contributed by atoms with Gasteiger partial charge in [-0.05, 0) is 0 Å². The second kappa shape index (κ2) is 14.8. The van der Waals surface area contributed by atoms with Crippen LogP contribution in [0.3, 0.4) is 0 Å². The van der Waals surface area contributed by atoms with Crippen LogP contribution in [0, 0.1) is 0 Å². The van der Waals surface area contributed by atoms with E-state index >= 15 is 0 Å². The number of carboxylic acids is 4. The Balaban J connectivity index is -0.0000000741. The Labute approximate surface area is 115 Å². The molecule has 0 aromatic rings. The Morgan fingerprint density at radius 3 is 0.765 bits per heavy atom.